The van der Waals surface area contributed by atoms with Gasteiger partial charge in [-0.3, -0.25) is 23.7 Å². The number of carbonyl (C=O) groups is 2. The van der Waals surface area contributed by atoms with Crippen LogP contribution in [-0.2, 0) is 16.1 Å². The van der Waals surface area contributed by atoms with Gasteiger partial charge in [-0.1, -0.05) is 59.8 Å². The van der Waals surface area contributed by atoms with Crippen LogP contribution in [-0.4, -0.2) is 43.5 Å². The first-order valence-corrected chi connectivity index (χ1v) is 13.4. The van der Waals surface area contributed by atoms with Crippen LogP contribution < -0.4 is 16.2 Å². The highest BCUT2D eigenvalue weighted by atomic mass is 35.5. The summed E-state index contributed by atoms with van der Waals surface area (Å²) in [6.07, 6.45) is 4.46. The molecule has 2 N–H and O–H groups in total. The van der Waals surface area contributed by atoms with Crippen molar-refractivity contribution >= 4 is 69.3 Å². The largest absolute Gasteiger partial charge is 0.369 e. The molecule has 0 saturated carbocycles. The highest BCUT2D eigenvalue weighted by Gasteiger charge is 2.34. The fraction of sp³-hybridized carbons (Fsp3) is 0.269. The van der Waals surface area contributed by atoms with E-state index in [1.807, 2.05) is 36.1 Å². The van der Waals surface area contributed by atoms with Gasteiger partial charge >= 0.3 is 0 Å². The number of primary amides is 1. The van der Waals surface area contributed by atoms with E-state index in [9.17, 15) is 14.4 Å². The van der Waals surface area contributed by atoms with Crippen LogP contribution in [0.25, 0.3) is 11.7 Å². The Balaban J connectivity index is 1.55. The summed E-state index contributed by atoms with van der Waals surface area (Å²) in [6, 6.07) is 11.0. The maximum Gasteiger partial charge on any atom is 0.267 e. The molecule has 2 aliphatic rings. The zero-order valence-corrected chi connectivity index (χ0v) is 22.4. The first-order valence-electron chi connectivity index (χ1n) is 11.8. The number of hydrogen-bond donors (Lipinski definition) is 1. The summed E-state index contributed by atoms with van der Waals surface area (Å²) < 4.78 is 1.88. The number of rotatable bonds is 5. The maximum atomic E-state index is 13.7. The Bertz CT molecular complexity index is 1530. The zero-order chi connectivity index (χ0) is 26.3. The third-order valence-electron chi connectivity index (χ3n) is 6.62. The Morgan fingerprint density at radius 1 is 1.22 bits per heavy atom. The van der Waals surface area contributed by atoms with E-state index in [2.05, 4.69) is 0 Å². The highest BCUT2D eigenvalue weighted by Crippen LogP contribution is 2.35. The number of halogens is 1. The molecule has 0 aliphatic carbocycles. The Morgan fingerprint density at radius 2 is 1.95 bits per heavy atom. The summed E-state index contributed by atoms with van der Waals surface area (Å²) in [7, 11) is 0. The van der Waals surface area contributed by atoms with Gasteiger partial charge in [0, 0.05) is 30.2 Å². The van der Waals surface area contributed by atoms with Gasteiger partial charge in [-0.05, 0) is 49.1 Å². The zero-order valence-electron chi connectivity index (χ0n) is 20.0. The molecule has 5 rings (SSSR count). The van der Waals surface area contributed by atoms with E-state index in [1.165, 1.54) is 9.30 Å². The molecule has 3 aromatic rings. The number of fused-ring (bicyclic) bond motifs is 1. The number of nitrogens with zero attached hydrogens (tertiary/aromatic N) is 4. The molecule has 190 valence electrons. The van der Waals surface area contributed by atoms with Gasteiger partial charge in [0.2, 0.25) is 5.91 Å². The van der Waals surface area contributed by atoms with Crippen LogP contribution in [0.3, 0.4) is 0 Å². The summed E-state index contributed by atoms with van der Waals surface area (Å²) in [5.74, 6) is -0.329. The molecule has 0 spiro atoms. The second-order valence-electron chi connectivity index (χ2n) is 9.11. The standard InChI is InChI=1S/C26H24ClN5O3S2/c1-15-6-7-21-29-23(30-10-8-16(9-11-30)22(28)33)18(24(34)31(21)13-15)12-20-25(35)32(26(36)37-20)14-17-4-2-3-5-19(17)27/h2-7,12-13,16H,8-11,14H2,1H3,(H2,28,33)/b20-12+. The molecular formula is C26H24ClN5O3S2. The van der Waals surface area contributed by atoms with Gasteiger partial charge in [0.25, 0.3) is 11.5 Å². The number of thioether (sulfide) groups is 1. The van der Waals surface area contributed by atoms with Crippen molar-refractivity contribution in [3.63, 3.8) is 0 Å². The van der Waals surface area contributed by atoms with E-state index in [1.54, 1.807) is 24.4 Å². The molecule has 37 heavy (non-hydrogen) atoms. The van der Waals surface area contributed by atoms with Crippen LogP contribution in [0.2, 0.25) is 5.02 Å². The molecule has 8 nitrogen and oxygen atoms in total. The van der Waals surface area contributed by atoms with Crippen molar-refractivity contribution in [2.45, 2.75) is 26.3 Å². The van der Waals surface area contributed by atoms with Crippen molar-refractivity contribution in [1.82, 2.24) is 14.3 Å². The minimum atomic E-state index is -0.316. The number of carbonyl (C=O) groups excluding carboxylic acids is 2. The van der Waals surface area contributed by atoms with Gasteiger partial charge < -0.3 is 10.6 Å². The third-order valence-corrected chi connectivity index (χ3v) is 8.36. The van der Waals surface area contributed by atoms with Gasteiger partial charge in [0.1, 0.15) is 15.8 Å². The van der Waals surface area contributed by atoms with Crippen molar-refractivity contribution < 1.29 is 9.59 Å². The van der Waals surface area contributed by atoms with Crippen molar-refractivity contribution in [3.05, 3.63) is 79.6 Å². The normalized spacial score (nSPS) is 17.8. The Morgan fingerprint density at radius 3 is 2.65 bits per heavy atom. The molecule has 0 atom stereocenters. The van der Waals surface area contributed by atoms with Crippen LogP contribution in [0.5, 0.6) is 0 Å². The van der Waals surface area contributed by atoms with Gasteiger partial charge in [0.15, 0.2) is 0 Å². The number of piperidine rings is 1. The minimum Gasteiger partial charge on any atom is -0.369 e. The molecular weight excluding hydrogens is 530 g/mol. The highest BCUT2D eigenvalue weighted by molar-refractivity contribution is 8.26. The quantitative estimate of drug-likeness (QED) is 0.379. The molecule has 1 aromatic carbocycles. The first-order chi connectivity index (χ1) is 17.7. The Kier molecular flexibility index (Phi) is 7.06. The van der Waals surface area contributed by atoms with Crippen LogP contribution in [0.15, 0.2) is 52.3 Å². The average Bonchev–Trinajstić information content (AvgIpc) is 3.14. The van der Waals surface area contributed by atoms with Crippen LogP contribution in [0.1, 0.15) is 29.5 Å². The number of anilines is 1. The number of aromatic nitrogens is 2. The summed E-state index contributed by atoms with van der Waals surface area (Å²) in [5.41, 5.74) is 7.72. The number of hydrogen-bond acceptors (Lipinski definition) is 7. The Hall–Kier alpha value is -3.21. The smallest absolute Gasteiger partial charge is 0.267 e. The first kappa shape index (κ1) is 25.4. The van der Waals surface area contributed by atoms with Crippen LogP contribution >= 0.6 is 35.6 Å². The van der Waals surface area contributed by atoms with Gasteiger partial charge in [-0.2, -0.15) is 0 Å². The summed E-state index contributed by atoms with van der Waals surface area (Å²) in [5, 5.41) is 0.550. The molecule has 2 aromatic heterocycles. The van der Waals surface area contributed by atoms with E-state index < -0.39 is 0 Å². The number of benzene rings is 1. The van der Waals surface area contributed by atoms with Crippen molar-refractivity contribution in [3.8, 4) is 0 Å². The third kappa shape index (κ3) is 5.01. The number of nitrogens with two attached hydrogens (primary N) is 1. The topological polar surface area (TPSA) is 101 Å². The molecule has 0 radical (unpaired) electrons. The molecule has 0 unspecified atom stereocenters. The fourth-order valence-corrected chi connectivity index (χ4v) is 5.99. The minimum absolute atomic E-state index is 0.204. The van der Waals surface area contributed by atoms with Gasteiger partial charge in [0.05, 0.1) is 17.0 Å². The SMILES string of the molecule is Cc1ccc2nc(N3CCC(C(N)=O)CC3)c(/C=C3/SC(=S)N(Cc4ccccc4Cl)C3=O)c(=O)n2c1. The van der Waals surface area contributed by atoms with E-state index in [4.69, 9.17) is 34.5 Å². The van der Waals surface area contributed by atoms with Gasteiger partial charge in [-0.15, -0.1) is 0 Å². The lowest BCUT2D eigenvalue weighted by molar-refractivity contribution is -0.123. The molecule has 2 aliphatic heterocycles. The molecule has 11 heteroatoms. The van der Waals surface area contributed by atoms with E-state index in [0.29, 0.717) is 57.2 Å². The number of amides is 2. The lowest BCUT2D eigenvalue weighted by Gasteiger charge is -2.32. The van der Waals surface area contributed by atoms with E-state index >= 15 is 0 Å². The van der Waals surface area contributed by atoms with E-state index in [0.717, 1.165) is 22.9 Å². The second-order valence-corrected chi connectivity index (χ2v) is 11.2. The maximum absolute atomic E-state index is 13.7. The second kappa shape index (κ2) is 10.3. The monoisotopic (exact) mass is 553 g/mol. The van der Waals surface area contributed by atoms with Gasteiger partial charge in [-0.25, -0.2) is 4.98 Å². The van der Waals surface area contributed by atoms with Crippen LogP contribution in [0, 0.1) is 12.8 Å². The average molecular weight is 554 g/mol. The molecule has 0 bridgehead atoms. The van der Waals surface area contributed by atoms with Crippen molar-refractivity contribution in [2.75, 3.05) is 18.0 Å². The number of thiocarbonyl (C=S) groups is 1. The molecule has 4 heterocycles. The molecule has 2 fully saturated rings. The Labute approximate surface area is 228 Å². The van der Waals surface area contributed by atoms with E-state index in [-0.39, 0.29) is 29.8 Å². The lowest BCUT2D eigenvalue weighted by Crippen LogP contribution is -2.40. The van der Waals surface area contributed by atoms with Crippen molar-refractivity contribution in [2.24, 2.45) is 11.7 Å². The number of pyridine rings is 1. The van der Waals surface area contributed by atoms with Crippen molar-refractivity contribution in [1.29, 1.82) is 0 Å². The summed E-state index contributed by atoms with van der Waals surface area (Å²) in [6.45, 7) is 3.18. The predicted octanol–water partition coefficient (Wildman–Crippen LogP) is 3.76. The molecule has 2 saturated heterocycles. The van der Waals surface area contributed by atoms with Crippen LogP contribution in [0.4, 0.5) is 5.82 Å². The fourth-order valence-electron chi connectivity index (χ4n) is 4.55. The number of aryl methyl sites for hydroxylation is 1. The predicted molar refractivity (Wildman–Crippen MR) is 150 cm³/mol. The molecule has 2 amide bonds. The summed E-state index contributed by atoms with van der Waals surface area (Å²) in [4.78, 5) is 47.4. The lowest BCUT2D eigenvalue weighted by atomic mass is 9.96. The summed E-state index contributed by atoms with van der Waals surface area (Å²) >= 11 is 13.0.